The molecule has 2 aliphatic rings. The highest BCUT2D eigenvalue weighted by Crippen LogP contribution is 2.46. The van der Waals surface area contributed by atoms with Crippen molar-refractivity contribution in [2.24, 2.45) is 0 Å². The Morgan fingerprint density at radius 3 is 2.38 bits per heavy atom. The molecule has 26 heavy (non-hydrogen) atoms. The number of halogens is 1. The molecule has 5 nitrogen and oxygen atoms in total. The van der Waals surface area contributed by atoms with E-state index in [-0.39, 0.29) is 11.5 Å². The first-order valence-corrected chi connectivity index (χ1v) is 9.45. The molecular formula is C20H28FN2O3+. The van der Waals surface area contributed by atoms with Gasteiger partial charge in [0.05, 0.1) is 38.0 Å². The smallest absolute Gasteiger partial charge is 0.340 e. The summed E-state index contributed by atoms with van der Waals surface area (Å²) >= 11 is 0. The van der Waals surface area contributed by atoms with Crippen molar-refractivity contribution in [2.45, 2.75) is 51.5 Å². The third kappa shape index (κ3) is 2.80. The van der Waals surface area contributed by atoms with Crippen LogP contribution < -0.4 is 5.32 Å². The molecule has 0 bridgehead atoms. The molecule has 0 spiro atoms. The minimum absolute atomic E-state index is 0.0487. The first-order valence-electron chi connectivity index (χ1n) is 9.45. The molecule has 1 amide bonds. The molecule has 142 valence electrons. The van der Waals surface area contributed by atoms with Crippen molar-refractivity contribution in [3.63, 3.8) is 0 Å². The number of hydrogen-bond acceptors (Lipinski definition) is 3. The summed E-state index contributed by atoms with van der Waals surface area (Å²) in [5.41, 5.74) is 0.525. The molecule has 3 rings (SSSR count). The standard InChI is InChI=1S/C20H27FN2O3/c1-4-23(10-5-6-11-23)20(8-7-9-20)19(25)22-17-14(2)12-15(21)13-16(17)18(24)26-3/h12-13H,4-11H2,1-3H3/p+1. The zero-order chi connectivity index (χ0) is 18.9. The Labute approximate surface area is 154 Å². The zero-order valence-corrected chi connectivity index (χ0v) is 15.9. The van der Waals surface area contributed by atoms with Gasteiger partial charge in [0.1, 0.15) is 5.82 Å². The van der Waals surface area contributed by atoms with E-state index in [9.17, 15) is 14.0 Å². The third-order valence-corrected chi connectivity index (χ3v) is 6.48. The Kier molecular flexibility index (Phi) is 5.06. The Bertz CT molecular complexity index is 722. The molecule has 1 N–H and O–H groups in total. The van der Waals surface area contributed by atoms with E-state index in [4.69, 9.17) is 4.74 Å². The van der Waals surface area contributed by atoms with E-state index in [1.165, 1.54) is 13.2 Å². The van der Waals surface area contributed by atoms with E-state index in [2.05, 4.69) is 12.2 Å². The van der Waals surface area contributed by atoms with Crippen molar-refractivity contribution in [1.82, 2.24) is 0 Å². The molecule has 1 aliphatic carbocycles. The number of esters is 1. The molecule has 6 heteroatoms. The van der Waals surface area contributed by atoms with Crippen molar-refractivity contribution in [3.05, 3.63) is 29.1 Å². The number of rotatable bonds is 5. The summed E-state index contributed by atoms with van der Waals surface area (Å²) in [4.78, 5) is 25.5. The molecule has 0 radical (unpaired) electrons. The summed E-state index contributed by atoms with van der Waals surface area (Å²) in [6.45, 7) is 6.83. The van der Waals surface area contributed by atoms with E-state index < -0.39 is 17.3 Å². The number of quaternary nitrogens is 1. The van der Waals surface area contributed by atoms with E-state index >= 15 is 0 Å². The molecule has 1 heterocycles. The maximum Gasteiger partial charge on any atom is 0.340 e. The SMILES string of the molecule is CC[N+]1(C2(C(=O)Nc3c(C)cc(F)cc3C(=O)OC)CCC2)CCCC1. The largest absolute Gasteiger partial charge is 0.465 e. The molecule has 1 aromatic carbocycles. The number of benzene rings is 1. The molecule has 0 atom stereocenters. The number of amides is 1. The number of carbonyl (C=O) groups is 2. The second-order valence-electron chi connectivity index (χ2n) is 7.59. The first kappa shape index (κ1) is 18.8. The van der Waals surface area contributed by atoms with E-state index in [1.54, 1.807) is 6.92 Å². The molecule has 0 unspecified atom stereocenters. The normalized spacial score (nSPS) is 20.3. The Balaban J connectivity index is 1.96. The summed E-state index contributed by atoms with van der Waals surface area (Å²) in [5.74, 6) is -1.21. The lowest BCUT2D eigenvalue weighted by atomic mass is 9.72. The highest BCUT2D eigenvalue weighted by atomic mass is 19.1. The lowest BCUT2D eigenvalue weighted by Gasteiger charge is -2.54. The predicted octanol–water partition coefficient (Wildman–Crippen LogP) is 3.41. The molecule has 1 saturated heterocycles. The van der Waals surface area contributed by atoms with Crippen molar-refractivity contribution in [3.8, 4) is 0 Å². The minimum atomic E-state index is -0.647. The summed E-state index contributed by atoms with van der Waals surface area (Å²) in [6.07, 6.45) is 5.05. The fourth-order valence-electron chi connectivity index (χ4n) is 4.83. The quantitative estimate of drug-likeness (QED) is 0.644. The third-order valence-electron chi connectivity index (χ3n) is 6.48. The van der Waals surface area contributed by atoms with Gasteiger partial charge in [-0.25, -0.2) is 9.18 Å². The number of likely N-dealkylation sites (N-methyl/N-ethyl adjacent to an activating group) is 1. The first-order chi connectivity index (χ1) is 12.4. The van der Waals surface area contributed by atoms with Crippen LogP contribution in [0.25, 0.3) is 0 Å². The van der Waals surface area contributed by atoms with Crippen molar-refractivity contribution in [2.75, 3.05) is 32.1 Å². The summed E-state index contributed by atoms with van der Waals surface area (Å²) < 4.78 is 19.4. The molecule has 2 fully saturated rings. The second kappa shape index (κ2) is 6.99. The number of nitrogens with one attached hydrogen (secondary N) is 1. The van der Waals surface area contributed by atoms with Gasteiger partial charge in [0.15, 0.2) is 5.54 Å². The van der Waals surface area contributed by atoms with Gasteiger partial charge in [0.25, 0.3) is 5.91 Å². The van der Waals surface area contributed by atoms with Gasteiger partial charge >= 0.3 is 5.97 Å². The van der Waals surface area contributed by atoms with Gasteiger partial charge in [0, 0.05) is 25.7 Å². The van der Waals surface area contributed by atoms with Crippen LogP contribution in [0, 0.1) is 12.7 Å². The van der Waals surface area contributed by atoms with E-state index in [0.29, 0.717) is 11.3 Å². The lowest BCUT2D eigenvalue weighted by molar-refractivity contribution is -0.960. The monoisotopic (exact) mass is 363 g/mol. The number of carbonyl (C=O) groups excluding carboxylic acids is 2. The van der Waals surface area contributed by atoms with Gasteiger partial charge in [-0.05, 0) is 38.0 Å². The van der Waals surface area contributed by atoms with Crippen LogP contribution >= 0.6 is 0 Å². The Morgan fingerprint density at radius 1 is 1.23 bits per heavy atom. The van der Waals surface area contributed by atoms with Gasteiger partial charge in [-0.1, -0.05) is 0 Å². The zero-order valence-electron chi connectivity index (χ0n) is 15.9. The van der Waals surface area contributed by atoms with Gasteiger partial charge in [0.2, 0.25) is 0 Å². The lowest BCUT2D eigenvalue weighted by Crippen LogP contribution is -2.71. The highest BCUT2D eigenvalue weighted by molar-refractivity contribution is 6.05. The van der Waals surface area contributed by atoms with Gasteiger partial charge in [-0.2, -0.15) is 0 Å². The van der Waals surface area contributed by atoms with Crippen LogP contribution in [0.2, 0.25) is 0 Å². The number of aryl methyl sites for hydroxylation is 1. The van der Waals surface area contributed by atoms with Gasteiger partial charge in [-0.3, -0.25) is 4.79 Å². The van der Waals surface area contributed by atoms with Crippen LogP contribution in [0.5, 0.6) is 0 Å². The summed E-state index contributed by atoms with van der Waals surface area (Å²) in [7, 11) is 1.25. The number of likely N-dealkylation sites (tertiary alicyclic amines) is 1. The topological polar surface area (TPSA) is 55.4 Å². The van der Waals surface area contributed by atoms with Gasteiger partial charge in [-0.15, -0.1) is 0 Å². The number of anilines is 1. The number of methoxy groups -OCH3 is 1. The molecular weight excluding hydrogens is 335 g/mol. The fourth-order valence-corrected chi connectivity index (χ4v) is 4.83. The van der Waals surface area contributed by atoms with Crippen LogP contribution in [0.4, 0.5) is 10.1 Å². The van der Waals surface area contributed by atoms with Crippen LogP contribution in [0.15, 0.2) is 12.1 Å². The van der Waals surface area contributed by atoms with Crippen molar-refractivity contribution < 1.29 is 23.2 Å². The van der Waals surface area contributed by atoms with Crippen molar-refractivity contribution >= 4 is 17.6 Å². The van der Waals surface area contributed by atoms with Crippen LogP contribution in [-0.4, -0.2) is 48.6 Å². The van der Waals surface area contributed by atoms with E-state index in [0.717, 1.165) is 62.3 Å². The number of ether oxygens (including phenoxy) is 1. The average molecular weight is 363 g/mol. The van der Waals surface area contributed by atoms with Crippen molar-refractivity contribution in [1.29, 1.82) is 0 Å². The van der Waals surface area contributed by atoms with Crippen LogP contribution in [-0.2, 0) is 9.53 Å². The maximum atomic E-state index is 13.8. The second-order valence-corrected chi connectivity index (χ2v) is 7.59. The fraction of sp³-hybridized carbons (Fsp3) is 0.600. The molecule has 1 aromatic rings. The number of nitrogens with zero attached hydrogens (tertiary/aromatic N) is 1. The Morgan fingerprint density at radius 2 is 1.88 bits per heavy atom. The predicted molar refractivity (Wildman–Crippen MR) is 97.5 cm³/mol. The van der Waals surface area contributed by atoms with Crippen LogP contribution in [0.1, 0.15) is 54.9 Å². The maximum absolute atomic E-state index is 13.8. The Hall–Kier alpha value is -1.95. The van der Waals surface area contributed by atoms with E-state index in [1.807, 2.05) is 0 Å². The summed E-state index contributed by atoms with van der Waals surface area (Å²) in [6, 6.07) is 2.46. The highest BCUT2D eigenvalue weighted by Gasteiger charge is 2.60. The molecule has 1 saturated carbocycles. The van der Waals surface area contributed by atoms with Crippen LogP contribution in [0.3, 0.4) is 0 Å². The molecule has 1 aliphatic heterocycles. The van der Waals surface area contributed by atoms with Gasteiger partial charge < -0.3 is 14.5 Å². The number of hydrogen-bond donors (Lipinski definition) is 1. The minimum Gasteiger partial charge on any atom is -0.465 e. The molecule has 0 aromatic heterocycles. The average Bonchev–Trinajstić information content (AvgIpc) is 3.05. The summed E-state index contributed by atoms with van der Waals surface area (Å²) in [5, 5.41) is 2.98.